The Hall–Kier alpha value is -2.86. The van der Waals surface area contributed by atoms with Gasteiger partial charge in [0.25, 0.3) is 0 Å². The summed E-state index contributed by atoms with van der Waals surface area (Å²) in [5.74, 6) is 0.435. The van der Waals surface area contributed by atoms with Crippen LogP contribution in [0.5, 0.6) is 5.75 Å². The average Bonchev–Trinajstić information content (AvgIpc) is 3.07. The minimum absolute atomic E-state index is 0.0222. The largest absolute Gasteiger partial charge is 0.491 e. The first-order chi connectivity index (χ1) is 13.7. The van der Waals surface area contributed by atoms with Crippen LogP contribution in [0.3, 0.4) is 0 Å². The minimum Gasteiger partial charge on any atom is -0.491 e. The van der Waals surface area contributed by atoms with Crippen LogP contribution in [0, 0.1) is 0 Å². The lowest BCUT2D eigenvalue weighted by molar-refractivity contribution is -0.124. The van der Waals surface area contributed by atoms with Crippen molar-refractivity contribution in [3.8, 4) is 5.75 Å². The lowest BCUT2D eigenvalue weighted by Gasteiger charge is -2.22. The van der Waals surface area contributed by atoms with Crippen LogP contribution in [0.15, 0.2) is 54.6 Å². The molecule has 1 atom stereocenters. The van der Waals surface area contributed by atoms with E-state index in [0.717, 1.165) is 26.1 Å². The maximum absolute atomic E-state index is 12.6. The molecule has 6 nitrogen and oxygen atoms in total. The number of hydrogen-bond donors (Lipinski definition) is 1. The molecule has 2 heterocycles. The van der Waals surface area contributed by atoms with E-state index in [1.54, 1.807) is 0 Å². The van der Waals surface area contributed by atoms with Gasteiger partial charge in [-0.05, 0) is 24.1 Å². The number of hydrogen-bond acceptors (Lipinski definition) is 4. The van der Waals surface area contributed by atoms with Crippen LogP contribution in [-0.2, 0) is 16.1 Å². The van der Waals surface area contributed by atoms with Gasteiger partial charge in [0.05, 0.1) is 18.7 Å². The molecule has 0 spiro atoms. The van der Waals surface area contributed by atoms with Crippen LogP contribution in [-0.4, -0.2) is 49.0 Å². The molecule has 0 bridgehead atoms. The number of likely N-dealkylation sites (tertiary alicyclic amines) is 1. The van der Waals surface area contributed by atoms with Gasteiger partial charge in [0.1, 0.15) is 12.3 Å². The highest BCUT2D eigenvalue weighted by Crippen LogP contribution is 2.30. The minimum atomic E-state index is -0.128. The number of nitrogens with one attached hydrogen (secondary N) is 1. The molecular weight excluding hydrogens is 354 g/mol. The van der Waals surface area contributed by atoms with Gasteiger partial charge >= 0.3 is 0 Å². The summed E-state index contributed by atoms with van der Waals surface area (Å²) in [4.78, 5) is 29.0. The van der Waals surface area contributed by atoms with Gasteiger partial charge in [-0.1, -0.05) is 42.5 Å². The van der Waals surface area contributed by atoms with Crippen molar-refractivity contribution in [2.45, 2.75) is 25.4 Å². The van der Waals surface area contributed by atoms with Crippen molar-refractivity contribution < 1.29 is 14.3 Å². The Morgan fingerprint density at radius 1 is 1.11 bits per heavy atom. The number of carbonyl (C=O) groups is 2. The smallest absolute Gasteiger partial charge is 0.240 e. The predicted octanol–water partition coefficient (Wildman–Crippen LogP) is 2.19. The quantitative estimate of drug-likeness (QED) is 0.865. The third-order valence-electron chi connectivity index (χ3n) is 5.22. The second kappa shape index (κ2) is 8.44. The molecular formula is C22H25N3O3. The van der Waals surface area contributed by atoms with Crippen LogP contribution in [0.25, 0.3) is 0 Å². The molecule has 1 fully saturated rings. The van der Waals surface area contributed by atoms with E-state index >= 15 is 0 Å². The Morgan fingerprint density at radius 2 is 1.89 bits per heavy atom. The number of benzene rings is 2. The summed E-state index contributed by atoms with van der Waals surface area (Å²) in [6, 6.07) is 17.8. The van der Waals surface area contributed by atoms with Gasteiger partial charge in [-0.15, -0.1) is 0 Å². The van der Waals surface area contributed by atoms with E-state index < -0.39 is 0 Å². The van der Waals surface area contributed by atoms with E-state index in [4.69, 9.17) is 4.74 Å². The first kappa shape index (κ1) is 18.5. The Balaban J connectivity index is 1.34. The molecule has 28 heavy (non-hydrogen) atoms. The number of fused-ring (bicyclic) bond motifs is 1. The molecule has 6 heteroatoms. The average molecular weight is 379 g/mol. The van der Waals surface area contributed by atoms with Crippen molar-refractivity contribution >= 4 is 17.5 Å². The molecule has 0 aliphatic carbocycles. The van der Waals surface area contributed by atoms with E-state index in [1.165, 1.54) is 10.5 Å². The van der Waals surface area contributed by atoms with Crippen LogP contribution in [0.1, 0.15) is 18.4 Å². The molecule has 1 saturated heterocycles. The highest BCUT2D eigenvalue weighted by atomic mass is 16.5. The van der Waals surface area contributed by atoms with Gasteiger partial charge in [-0.25, -0.2) is 0 Å². The number of ether oxygens (including phenoxy) is 1. The summed E-state index contributed by atoms with van der Waals surface area (Å²) in [7, 11) is 0. The zero-order chi connectivity index (χ0) is 19.3. The number of nitrogens with zero attached hydrogens (tertiary/aromatic N) is 2. The van der Waals surface area contributed by atoms with Crippen molar-refractivity contribution in [2.75, 3.05) is 31.1 Å². The highest BCUT2D eigenvalue weighted by Gasteiger charge is 2.28. The molecule has 2 aliphatic heterocycles. The van der Waals surface area contributed by atoms with Crippen molar-refractivity contribution in [2.24, 2.45) is 0 Å². The third-order valence-corrected chi connectivity index (χ3v) is 5.22. The fourth-order valence-corrected chi connectivity index (χ4v) is 3.85. The molecule has 2 aromatic rings. The van der Waals surface area contributed by atoms with Gasteiger partial charge in [-0.2, -0.15) is 0 Å². The number of para-hydroxylation sites is 2. The highest BCUT2D eigenvalue weighted by molar-refractivity contribution is 6.00. The lowest BCUT2D eigenvalue weighted by atomic mass is 10.2. The van der Waals surface area contributed by atoms with E-state index in [1.807, 2.05) is 42.5 Å². The number of amides is 2. The fourth-order valence-electron chi connectivity index (χ4n) is 3.85. The Morgan fingerprint density at radius 3 is 2.75 bits per heavy atom. The molecule has 1 unspecified atom stereocenters. The number of anilines is 1. The molecule has 2 aromatic carbocycles. The van der Waals surface area contributed by atoms with Crippen molar-refractivity contribution in [3.63, 3.8) is 0 Å². The Kier molecular flexibility index (Phi) is 5.58. The van der Waals surface area contributed by atoms with Crippen LogP contribution < -0.4 is 15.0 Å². The maximum Gasteiger partial charge on any atom is 0.240 e. The molecule has 146 valence electrons. The van der Waals surface area contributed by atoms with Gasteiger partial charge < -0.3 is 10.1 Å². The van der Waals surface area contributed by atoms with Gasteiger partial charge in [0.15, 0.2) is 0 Å². The molecule has 2 aliphatic rings. The molecule has 1 N–H and O–H groups in total. The summed E-state index contributed by atoms with van der Waals surface area (Å²) in [5.41, 5.74) is 1.94. The zero-order valence-electron chi connectivity index (χ0n) is 15.8. The number of carbonyl (C=O) groups excluding carboxylic acids is 2. The lowest BCUT2D eigenvalue weighted by Crippen LogP contribution is -2.45. The second-order valence-electron chi connectivity index (χ2n) is 7.32. The molecule has 0 aromatic heterocycles. The molecule has 0 radical (unpaired) electrons. The van der Waals surface area contributed by atoms with E-state index in [9.17, 15) is 9.59 Å². The van der Waals surface area contributed by atoms with Crippen LogP contribution in [0.4, 0.5) is 5.69 Å². The second-order valence-corrected chi connectivity index (χ2v) is 7.32. The standard InChI is InChI=1S/C22H25N3O3/c26-21(16-25-19-8-4-5-9-20(19)28-13-11-22(25)27)23-18-10-12-24(15-18)14-17-6-2-1-3-7-17/h1-9,18H,10-16H2,(H,23,26). The van der Waals surface area contributed by atoms with Crippen molar-refractivity contribution in [1.29, 1.82) is 0 Å². The Labute approximate surface area is 165 Å². The summed E-state index contributed by atoms with van der Waals surface area (Å²) >= 11 is 0. The van der Waals surface area contributed by atoms with Crippen molar-refractivity contribution in [1.82, 2.24) is 10.2 Å². The van der Waals surface area contributed by atoms with E-state index in [2.05, 4.69) is 22.3 Å². The summed E-state index contributed by atoms with van der Waals surface area (Å²) < 4.78 is 5.63. The van der Waals surface area contributed by atoms with E-state index in [-0.39, 0.29) is 30.8 Å². The fraction of sp³-hybridized carbons (Fsp3) is 0.364. The van der Waals surface area contributed by atoms with Gasteiger partial charge in [0.2, 0.25) is 11.8 Å². The first-order valence-corrected chi connectivity index (χ1v) is 9.77. The zero-order valence-corrected chi connectivity index (χ0v) is 15.8. The monoisotopic (exact) mass is 379 g/mol. The van der Waals surface area contributed by atoms with Gasteiger partial charge in [0, 0.05) is 25.7 Å². The van der Waals surface area contributed by atoms with Crippen LogP contribution in [0.2, 0.25) is 0 Å². The molecule has 2 amide bonds. The Bertz CT molecular complexity index is 840. The summed E-state index contributed by atoms with van der Waals surface area (Å²) in [5, 5.41) is 3.10. The normalized spacial score (nSPS) is 19.6. The first-order valence-electron chi connectivity index (χ1n) is 9.77. The summed E-state index contributed by atoms with van der Waals surface area (Å²) in [6.45, 7) is 3.04. The summed E-state index contributed by atoms with van der Waals surface area (Å²) in [6.07, 6.45) is 1.20. The topological polar surface area (TPSA) is 61.9 Å². The van der Waals surface area contributed by atoms with E-state index in [0.29, 0.717) is 18.0 Å². The molecule has 4 rings (SSSR count). The number of rotatable bonds is 5. The van der Waals surface area contributed by atoms with Crippen molar-refractivity contribution in [3.05, 3.63) is 60.2 Å². The SMILES string of the molecule is O=C(CN1C(=O)CCOc2ccccc21)NC1CCN(Cc2ccccc2)C1. The predicted molar refractivity (Wildman–Crippen MR) is 107 cm³/mol. The maximum atomic E-state index is 12.6. The van der Waals surface area contributed by atoms with Gasteiger partial charge in [-0.3, -0.25) is 19.4 Å². The third kappa shape index (κ3) is 4.34. The molecule has 0 saturated carbocycles. The van der Waals surface area contributed by atoms with Crippen LogP contribution >= 0.6 is 0 Å².